The second-order valence-corrected chi connectivity index (χ2v) is 4.46. The average molecular weight is 232 g/mol. The van der Waals surface area contributed by atoms with E-state index >= 15 is 0 Å². The number of hydrogen-bond donors (Lipinski definition) is 1. The lowest BCUT2D eigenvalue weighted by molar-refractivity contribution is 0.731. The second kappa shape index (κ2) is 7.98. The maximum atomic E-state index is 8.90. The molecule has 0 fully saturated rings. The summed E-state index contributed by atoms with van der Waals surface area (Å²) in [7, 11) is 0. The van der Waals surface area contributed by atoms with Crippen LogP contribution in [0.2, 0.25) is 0 Å². The molecule has 0 spiro atoms. The van der Waals surface area contributed by atoms with Crippen molar-refractivity contribution in [2.45, 2.75) is 6.54 Å². The lowest BCUT2D eigenvalue weighted by atomic mass is 10.1. The van der Waals surface area contributed by atoms with Gasteiger partial charge in [-0.1, -0.05) is 24.3 Å². The number of nitriles is 1. The molecule has 0 unspecified atom stereocenters. The molecule has 2 nitrogen and oxygen atoms in total. The highest BCUT2D eigenvalue weighted by Gasteiger charge is 1.98. The largest absolute Gasteiger partial charge is 0.312 e. The Hall–Kier alpha value is -1.24. The number of benzene rings is 1. The normalized spacial score (nSPS) is 9.69. The van der Waals surface area contributed by atoms with E-state index in [1.807, 2.05) is 42.1 Å². The third kappa shape index (κ3) is 4.52. The van der Waals surface area contributed by atoms with E-state index in [0.717, 1.165) is 35.7 Å². The minimum absolute atomic E-state index is 0.758. The fourth-order valence-electron chi connectivity index (χ4n) is 1.32. The van der Waals surface area contributed by atoms with E-state index in [-0.39, 0.29) is 0 Å². The lowest BCUT2D eigenvalue weighted by Crippen LogP contribution is -2.17. The van der Waals surface area contributed by atoms with Gasteiger partial charge in [0.25, 0.3) is 0 Å². The lowest BCUT2D eigenvalue weighted by Gasteiger charge is -2.05. The van der Waals surface area contributed by atoms with Gasteiger partial charge in [-0.15, -0.1) is 6.58 Å². The molecule has 16 heavy (non-hydrogen) atoms. The van der Waals surface area contributed by atoms with E-state index in [1.54, 1.807) is 0 Å². The zero-order valence-corrected chi connectivity index (χ0v) is 10.1. The fraction of sp³-hybridized carbons (Fsp3) is 0.308. The Morgan fingerprint density at radius 3 is 3.00 bits per heavy atom. The molecule has 0 heterocycles. The molecular weight excluding hydrogens is 216 g/mol. The van der Waals surface area contributed by atoms with Gasteiger partial charge in [-0.05, 0) is 11.6 Å². The van der Waals surface area contributed by atoms with E-state index in [0.29, 0.717) is 0 Å². The van der Waals surface area contributed by atoms with Gasteiger partial charge < -0.3 is 5.32 Å². The van der Waals surface area contributed by atoms with Crippen molar-refractivity contribution in [2.75, 3.05) is 18.1 Å². The summed E-state index contributed by atoms with van der Waals surface area (Å²) in [6, 6.07) is 9.89. The van der Waals surface area contributed by atoms with Gasteiger partial charge in [-0.25, -0.2) is 0 Å². The summed E-state index contributed by atoms with van der Waals surface area (Å²) in [5, 5.41) is 12.2. The number of thioether (sulfide) groups is 1. The summed E-state index contributed by atoms with van der Waals surface area (Å²) in [4.78, 5) is 0. The van der Waals surface area contributed by atoms with E-state index in [1.165, 1.54) is 0 Å². The highest BCUT2D eigenvalue weighted by atomic mass is 32.2. The van der Waals surface area contributed by atoms with Crippen molar-refractivity contribution in [3.8, 4) is 6.07 Å². The van der Waals surface area contributed by atoms with Crippen molar-refractivity contribution in [1.29, 1.82) is 5.26 Å². The van der Waals surface area contributed by atoms with E-state index in [4.69, 9.17) is 5.26 Å². The highest BCUT2D eigenvalue weighted by molar-refractivity contribution is 7.99. The first-order valence-electron chi connectivity index (χ1n) is 5.26. The first-order valence-corrected chi connectivity index (χ1v) is 6.41. The van der Waals surface area contributed by atoms with Crippen LogP contribution in [0.25, 0.3) is 0 Å². The van der Waals surface area contributed by atoms with E-state index in [2.05, 4.69) is 18.0 Å². The monoisotopic (exact) mass is 232 g/mol. The molecule has 0 aliphatic heterocycles. The van der Waals surface area contributed by atoms with Crippen LogP contribution in [0, 0.1) is 11.3 Å². The predicted molar refractivity (Wildman–Crippen MR) is 70.4 cm³/mol. The molecule has 3 heteroatoms. The highest BCUT2D eigenvalue weighted by Crippen LogP contribution is 2.06. The molecule has 84 valence electrons. The zero-order chi connectivity index (χ0) is 11.6. The van der Waals surface area contributed by atoms with Gasteiger partial charge in [0.1, 0.15) is 0 Å². The van der Waals surface area contributed by atoms with Crippen LogP contribution in [-0.2, 0) is 6.54 Å². The molecule has 0 aliphatic carbocycles. The average Bonchev–Trinajstić information content (AvgIpc) is 2.34. The Balaban J connectivity index is 2.27. The maximum absolute atomic E-state index is 8.90. The first-order chi connectivity index (χ1) is 7.88. The van der Waals surface area contributed by atoms with Crippen molar-refractivity contribution in [3.63, 3.8) is 0 Å². The van der Waals surface area contributed by atoms with Crippen LogP contribution in [0.1, 0.15) is 11.1 Å². The van der Waals surface area contributed by atoms with Crippen LogP contribution in [-0.4, -0.2) is 18.1 Å². The Bertz CT molecular complexity index is 368. The number of hydrogen-bond acceptors (Lipinski definition) is 3. The van der Waals surface area contributed by atoms with Gasteiger partial charge in [0, 0.05) is 24.6 Å². The van der Waals surface area contributed by atoms with Gasteiger partial charge >= 0.3 is 0 Å². The summed E-state index contributed by atoms with van der Waals surface area (Å²) in [5.74, 6) is 2.07. The van der Waals surface area contributed by atoms with Gasteiger partial charge in [0.15, 0.2) is 0 Å². The summed E-state index contributed by atoms with van der Waals surface area (Å²) < 4.78 is 0. The Morgan fingerprint density at radius 1 is 1.44 bits per heavy atom. The van der Waals surface area contributed by atoms with Crippen molar-refractivity contribution in [1.82, 2.24) is 5.32 Å². The summed E-state index contributed by atoms with van der Waals surface area (Å²) in [5.41, 5.74) is 1.83. The molecule has 1 rings (SSSR count). The van der Waals surface area contributed by atoms with Crippen molar-refractivity contribution >= 4 is 11.8 Å². The molecule has 0 aliphatic rings. The summed E-state index contributed by atoms with van der Waals surface area (Å²) in [6.07, 6.45) is 1.91. The van der Waals surface area contributed by atoms with Crippen LogP contribution in [0.15, 0.2) is 36.9 Å². The van der Waals surface area contributed by atoms with Crippen molar-refractivity contribution in [2.24, 2.45) is 0 Å². The number of nitrogens with zero attached hydrogens (tertiary/aromatic N) is 1. The molecule has 0 aromatic heterocycles. The molecule has 0 saturated carbocycles. The van der Waals surface area contributed by atoms with E-state index < -0.39 is 0 Å². The van der Waals surface area contributed by atoms with Crippen molar-refractivity contribution in [3.05, 3.63) is 48.0 Å². The molecule has 1 aromatic carbocycles. The Kier molecular flexibility index (Phi) is 6.39. The van der Waals surface area contributed by atoms with Crippen LogP contribution >= 0.6 is 11.8 Å². The molecular formula is C13H16N2S. The third-order valence-corrected chi connectivity index (χ3v) is 3.08. The fourth-order valence-corrected chi connectivity index (χ4v) is 1.94. The summed E-state index contributed by atoms with van der Waals surface area (Å²) in [6.45, 7) is 5.39. The number of rotatable bonds is 7. The van der Waals surface area contributed by atoms with Crippen LogP contribution in [0.3, 0.4) is 0 Å². The molecule has 0 atom stereocenters. The molecule has 0 saturated heterocycles. The van der Waals surface area contributed by atoms with E-state index in [9.17, 15) is 0 Å². The smallest absolute Gasteiger partial charge is 0.0995 e. The van der Waals surface area contributed by atoms with Gasteiger partial charge in [0.05, 0.1) is 11.6 Å². The van der Waals surface area contributed by atoms with Gasteiger partial charge in [0.2, 0.25) is 0 Å². The number of nitrogens with one attached hydrogen (secondary N) is 1. The standard InChI is InChI=1S/C13H16N2S/c1-2-8-16-9-7-15-11-13-6-4-3-5-12(13)10-14/h2-6,15H,1,7-9,11H2. The zero-order valence-electron chi connectivity index (χ0n) is 9.28. The van der Waals surface area contributed by atoms with Crippen molar-refractivity contribution < 1.29 is 0 Å². The van der Waals surface area contributed by atoms with Gasteiger partial charge in [-0.3, -0.25) is 0 Å². The first kappa shape index (κ1) is 12.8. The molecule has 1 aromatic rings. The molecule has 0 amide bonds. The Labute approximate surface area is 101 Å². The molecule has 0 bridgehead atoms. The SMILES string of the molecule is C=CCSCCNCc1ccccc1C#N. The van der Waals surface area contributed by atoms with Crippen LogP contribution in [0.4, 0.5) is 0 Å². The minimum Gasteiger partial charge on any atom is -0.312 e. The van der Waals surface area contributed by atoms with Crippen LogP contribution in [0.5, 0.6) is 0 Å². The molecule has 0 radical (unpaired) electrons. The minimum atomic E-state index is 0.758. The Morgan fingerprint density at radius 2 is 2.25 bits per heavy atom. The third-order valence-electron chi connectivity index (χ3n) is 2.11. The van der Waals surface area contributed by atoms with Crippen LogP contribution < -0.4 is 5.32 Å². The maximum Gasteiger partial charge on any atom is 0.0995 e. The summed E-state index contributed by atoms with van der Waals surface area (Å²) >= 11 is 1.85. The predicted octanol–water partition coefficient (Wildman–Crippen LogP) is 2.57. The topological polar surface area (TPSA) is 35.8 Å². The van der Waals surface area contributed by atoms with Gasteiger partial charge in [-0.2, -0.15) is 17.0 Å². The quantitative estimate of drug-likeness (QED) is 0.580. The second-order valence-electron chi connectivity index (χ2n) is 3.31. The molecule has 1 N–H and O–H groups in total.